The van der Waals surface area contributed by atoms with Gasteiger partial charge in [-0.05, 0) is 49.3 Å². The number of ether oxygens (including phenoxy) is 2. The fraction of sp³-hybridized carbons (Fsp3) is 0.444. The predicted molar refractivity (Wildman–Crippen MR) is 170 cm³/mol. The molecule has 1 atom stereocenters. The quantitative estimate of drug-likeness (QED) is 0.178. The third-order valence-electron chi connectivity index (χ3n) is 8.26. The molecule has 3 aromatic rings. The molecule has 0 aromatic heterocycles. The number of benzene rings is 3. The standard InChI is InChI=1S/C36H47N3O4/c1-3-42-34(43-4-2)27-39(26-28-17-9-5-10-18-28)35(41)32(37)25-33(40)38-36(29-19-11-6-12-20-29,30-21-13-7-14-22-30)31-23-15-8-16-24-31/h6-8,11-16,19-24,28,32,34H,3-5,9-10,17-18,25-27,37H2,1-2H3,(H,38,40)/t32-/m0/s1. The summed E-state index contributed by atoms with van der Waals surface area (Å²) < 4.78 is 11.6. The van der Waals surface area contributed by atoms with E-state index in [4.69, 9.17) is 15.2 Å². The van der Waals surface area contributed by atoms with Gasteiger partial charge in [0.2, 0.25) is 11.8 Å². The maximum Gasteiger partial charge on any atom is 0.240 e. The number of hydrogen-bond donors (Lipinski definition) is 2. The van der Waals surface area contributed by atoms with Gasteiger partial charge in [-0.25, -0.2) is 0 Å². The summed E-state index contributed by atoms with van der Waals surface area (Å²) in [5.41, 5.74) is 8.32. The molecule has 0 radical (unpaired) electrons. The number of carbonyl (C=O) groups excluding carboxylic acids is 2. The lowest BCUT2D eigenvalue weighted by atomic mass is 9.77. The molecular formula is C36H47N3O4. The molecule has 1 saturated carbocycles. The molecule has 230 valence electrons. The van der Waals surface area contributed by atoms with Crippen molar-refractivity contribution in [2.24, 2.45) is 11.7 Å². The maximum atomic E-state index is 13.9. The lowest BCUT2D eigenvalue weighted by Crippen LogP contribution is -2.53. The Bertz CT molecular complexity index is 1150. The molecular weight excluding hydrogens is 538 g/mol. The summed E-state index contributed by atoms with van der Waals surface area (Å²) in [4.78, 5) is 29.6. The van der Waals surface area contributed by atoms with E-state index in [1.807, 2.05) is 105 Å². The first-order chi connectivity index (χ1) is 21.0. The van der Waals surface area contributed by atoms with Crippen LogP contribution in [0.2, 0.25) is 0 Å². The number of rotatable bonds is 15. The Kier molecular flexibility index (Phi) is 12.3. The van der Waals surface area contributed by atoms with Crippen LogP contribution in [0, 0.1) is 5.92 Å². The lowest BCUT2D eigenvalue weighted by molar-refractivity contribution is -0.161. The fourth-order valence-corrected chi connectivity index (χ4v) is 6.20. The molecule has 3 aromatic carbocycles. The van der Waals surface area contributed by atoms with Crippen LogP contribution < -0.4 is 11.1 Å². The summed E-state index contributed by atoms with van der Waals surface area (Å²) in [6.07, 6.45) is 5.05. The Hall–Kier alpha value is -3.52. The van der Waals surface area contributed by atoms with Crippen molar-refractivity contribution in [3.63, 3.8) is 0 Å². The van der Waals surface area contributed by atoms with Gasteiger partial charge in [0.1, 0.15) is 5.54 Å². The lowest BCUT2D eigenvalue weighted by Gasteiger charge is -2.37. The molecule has 1 aliphatic rings. The van der Waals surface area contributed by atoms with E-state index in [1.54, 1.807) is 4.90 Å². The maximum absolute atomic E-state index is 13.9. The first-order valence-corrected chi connectivity index (χ1v) is 15.7. The van der Waals surface area contributed by atoms with Crippen LogP contribution in [0.4, 0.5) is 0 Å². The Morgan fingerprint density at radius 3 is 1.72 bits per heavy atom. The molecule has 0 saturated heterocycles. The number of amides is 2. The van der Waals surface area contributed by atoms with Crippen molar-refractivity contribution in [2.45, 2.75) is 70.2 Å². The first-order valence-electron chi connectivity index (χ1n) is 15.7. The zero-order valence-corrected chi connectivity index (χ0v) is 25.6. The second-order valence-electron chi connectivity index (χ2n) is 11.3. The topological polar surface area (TPSA) is 93.9 Å². The number of nitrogens with one attached hydrogen (secondary N) is 1. The van der Waals surface area contributed by atoms with Gasteiger partial charge in [-0.3, -0.25) is 9.59 Å². The monoisotopic (exact) mass is 585 g/mol. The summed E-state index contributed by atoms with van der Waals surface area (Å²) >= 11 is 0. The van der Waals surface area contributed by atoms with Crippen molar-refractivity contribution in [2.75, 3.05) is 26.3 Å². The molecule has 0 heterocycles. The van der Waals surface area contributed by atoms with Crippen molar-refractivity contribution >= 4 is 11.8 Å². The number of hydrogen-bond acceptors (Lipinski definition) is 5. The Labute approximate surface area is 256 Å². The van der Waals surface area contributed by atoms with E-state index in [0.29, 0.717) is 25.7 Å². The minimum Gasteiger partial charge on any atom is -0.351 e. The predicted octanol–water partition coefficient (Wildman–Crippen LogP) is 5.62. The van der Waals surface area contributed by atoms with Crippen LogP contribution in [-0.4, -0.2) is 55.3 Å². The van der Waals surface area contributed by atoms with Gasteiger partial charge in [0.05, 0.1) is 19.0 Å². The first kappa shape index (κ1) is 32.4. The van der Waals surface area contributed by atoms with Gasteiger partial charge >= 0.3 is 0 Å². The molecule has 1 fully saturated rings. The van der Waals surface area contributed by atoms with Crippen LogP contribution in [0.15, 0.2) is 91.0 Å². The van der Waals surface area contributed by atoms with Gasteiger partial charge in [-0.15, -0.1) is 0 Å². The average molecular weight is 586 g/mol. The van der Waals surface area contributed by atoms with E-state index < -0.39 is 17.9 Å². The molecule has 0 unspecified atom stereocenters. The summed E-state index contributed by atoms with van der Waals surface area (Å²) in [5, 5.41) is 3.33. The van der Waals surface area contributed by atoms with Gasteiger partial charge < -0.3 is 25.4 Å². The number of carbonyl (C=O) groups is 2. The zero-order chi connectivity index (χ0) is 30.5. The van der Waals surface area contributed by atoms with Crippen molar-refractivity contribution in [3.05, 3.63) is 108 Å². The van der Waals surface area contributed by atoms with Gasteiger partial charge in [-0.1, -0.05) is 110 Å². The van der Waals surface area contributed by atoms with Crippen LogP contribution >= 0.6 is 0 Å². The van der Waals surface area contributed by atoms with Crippen molar-refractivity contribution in [1.29, 1.82) is 0 Å². The smallest absolute Gasteiger partial charge is 0.240 e. The van der Waals surface area contributed by atoms with Crippen LogP contribution in [0.3, 0.4) is 0 Å². The molecule has 0 spiro atoms. The molecule has 43 heavy (non-hydrogen) atoms. The molecule has 1 aliphatic carbocycles. The fourth-order valence-electron chi connectivity index (χ4n) is 6.20. The van der Waals surface area contributed by atoms with Crippen LogP contribution in [0.1, 0.15) is 69.1 Å². The highest BCUT2D eigenvalue weighted by Crippen LogP contribution is 2.37. The van der Waals surface area contributed by atoms with Crippen molar-refractivity contribution in [3.8, 4) is 0 Å². The second kappa shape index (κ2) is 16.4. The number of nitrogens with two attached hydrogens (primary N) is 1. The van der Waals surface area contributed by atoms with Gasteiger partial charge in [-0.2, -0.15) is 0 Å². The zero-order valence-electron chi connectivity index (χ0n) is 25.6. The van der Waals surface area contributed by atoms with Gasteiger partial charge in [0.25, 0.3) is 0 Å². The molecule has 0 aliphatic heterocycles. The highest BCUT2D eigenvalue weighted by Gasteiger charge is 2.39. The Morgan fingerprint density at radius 1 is 0.814 bits per heavy atom. The molecule has 2 amide bonds. The molecule has 3 N–H and O–H groups in total. The van der Waals surface area contributed by atoms with Gasteiger partial charge in [0.15, 0.2) is 6.29 Å². The van der Waals surface area contributed by atoms with E-state index in [1.165, 1.54) is 19.3 Å². The van der Waals surface area contributed by atoms with Crippen LogP contribution in [-0.2, 0) is 24.6 Å². The van der Waals surface area contributed by atoms with E-state index in [-0.39, 0.29) is 24.8 Å². The Balaban J connectivity index is 1.60. The highest BCUT2D eigenvalue weighted by atomic mass is 16.7. The third kappa shape index (κ3) is 8.53. The van der Waals surface area contributed by atoms with Crippen molar-refractivity contribution in [1.82, 2.24) is 10.2 Å². The second-order valence-corrected chi connectivity index (χ2v) is 11.3. The highest BCUT2D eigenvalue weighted by molar-refractivity contribution is 5.89. The van der Waals surface area contributed by atoms with E-state index in [0.717, 1.165) is 29.5 Å². The van der Waals surface area contributed by atoms with E-state index >= 15 is 0 Å². The van der Waals surface area contributed by atoms with E-state index in [2.05, 4.69) is 5.32 Å². The van der Waals surface area contributed by atoms with Crippen LogP contribution in [0.5, 0.6) is 0 Å². The SMILES string of the molecule is CCOC(CN(CC1CCCCC1)C(=O)[C@@H](N)CC(=O)NC(c1ccccc1)(c1ccccc1)c1ccccc1)OCC. The summed E-state index contributed by atoms with van der Waals surface area (Å²) in [6, 6.07) is 28.7. The van der Waals surface area contributed by atoms with E-state index in [9.17, 15) is 9.59 Å². The summed E-state index contributed by atoms with van der Waals surface area (Å²) in [5.74, 6) is -0.152. The Morgan fingerprint density at radius 2 is 1.28 bits per heavy atom. The average Bonchev–Trinajstić information content (AvgIpc) is 3.05. The summed E-state index contributed by atoms with van der Waals surface area (Å²) in [7, 11) is 0. The number of nitrogens with zero attached hydrogens (tertiary/aromatic N) is 1. The van der Waals surface area contributed by atoms with Crippen LogP contribution in [0.25, 0.3) is 0 Å². The molecule has 0 bridgehead atoms. The van der Waals surface area contributed by atoms with Crippen molar-refractivity contribution < 1.29 is 19.1 Å². The minimum atomic E-state index is -1.01. The largest absolute Gasteiger partial charge is 0.351 e. The third-order valence-corrected chi connectivity index (χ3v) is 8.26. The summed E-state index contributed by atoms with van der Waals surface area (Å²) in [6.45, 7) is 5.65. The van der Waals surface area contributed by atoms with Gasteiger partial charge in [0, 0.05) is 19.8 Å². The molecule has 7 nitrogen and oxygen atoms in total. The molecule has 7 heteroatoms. The minimum absolute atomic E-state index is 0.151. The normalized spacial score (nSPS) is 14.8. The molecule has 4 rings (SSSR count).